The Bertz CT molecular complexity index is 1380. The van der Waals surface area contributed by atoms with Crippen molar-refractivity contribution in [2.75, 3.05) is 17.6 Å². The van der Waals surface area contributed by atoms with Crippen molar-refractivity contribution < 1.29 is 9.18 Å². The summed E-state index contributed by atoms with van der Waals surface area (Å²) in [5.41, 5.74) is 8.85. The van der Waals surface area contributed by atoms with Gasteiger partial charge in [0.15, 0.2) is 5.65 Å². The average Bonchev–Trinajstić information content (AvgIpc) is 3.54. The Morgan fingerprint density at radius 3 is 2.68 bits per heavy atom. The molecule has 11 heteroatoms. The maximum atomic E-state index is 13.4. The Morgan fingerprint density at radius 1 is 1.15 bits per heavy atom. The Morgan fingerprint density at radius 2 is 1.97 bits per heavy atom. The van der Waals surface area contributed by atoms with Crippen LogP contribution >= 0.6 is 12.4 Å². The minimum Gasteiger partial charge on any atom is -0.383 e. The molecule has 3 aromatic heterocycles. The first-order valence-electron chi connectivity index (χ1n) is 10.8. The molecule has 0 spiro atoms. The zero-order chi connectivity index (χ0) is 22.5. The van der Waals surface area contributed by atoms with Crippen molar-refractivity contribution in [2.45, 2.75) is 24.9 Å². The molecule has 0 unspecified atom stereocenters. The Kier molecular flexibility index (Phi) is 5.62. The van der Waals surface area contributed by atoms with Gasteiger partial charge in [-0.1, -0.05) is 12.1 Å². The van der Waals surface area contributed by atoms with E-state index in [1.54, 1.807) is 12.1 Å². The molecular formula is C23H22ClFN8O. The topological polar surface area (TPSA) is 124 Å². The van der Waals surface area contributed by atoms with Crippen molar-refractivity contribution in [3.63, 3.8) is 0 Å². The molecule has 4 heterocycles. The molecule has 174 valence electrons. The highest BCUT2D eigenvalue weighted by Gasteiger charge is 2.42. The summed E-state index contributed by atoms with van der Waals surface area (Å²) in [7, 11) is 0. The zero-order valence-electron chi connectivity index (χ0n) is 18.0. The molecule has 1 saturated carbocycles. The van der Waals surface area contributed by atoms with Crippen LogP contribution in [0.1, 0.15) is 29.2 Å². The molecule has 1 aliphatic carbocycles. The summed E-state index contributed by atoms with van der Waals surface area (Å²) >= 11 is 0. The summed E-state index contributed by atoms with van der Waals surface area (Å²) in [5, 5.41) is 11.8. The third-order valence-electron chi connectivity index (χ3n) is 6.51. The van der Waals surface area contributed by atoms with E-state index in [4.69, 9.17) is 10.8 Å². The van der Waals surface area contributed by atoms with Crippen molar-refractivity contribution in [3.8, 4) is 11.3 Å². The molecule has 1 amide bonds. The summed E-state index contributed by atoms with van der Waals surface area (Å²) < 4.78 is 15.3. The number of carbonyl (C=O) groups excluding carboxylic acids is 1. The number of piperidine rings is 1. The van der Waals surface area contributed by atoms with Gasteiger partial charge >= 0.3 is 0 Å². The molecule has 3 atom stereocenters. The van der Waals surface area contributed by atoms with Crippen molar-refractivity contribution in [1.82, 2.24) is 30.0 Å². The van der Waals surface area contributed by atoms with E-state index >= 15 is 0 Å². The monoisotopic (exact) mass is 480 g/mol. The van der Waals surface area contributed by atoms with Gasteiger partial charge in [0, 0.05) is 29.4 Å². The highest BCUT2D eigenvalue weighted by molar-refractivity contribution is 6.04. The summed E-state index contributed by atoms with van der Waals surface area (Å²) in [5.74, 6) is 0.330. The number of hydrogen-bond acceptors (Lipinski definition) is 7. The fourth-order valence-electron chi connectivity index (χ4n) is 4.96. The van der Waals surface area contributed by atoms with Crippen LogP contribution in [-0.2, 0) is 0 Å². The third kappa shape index (κ3) is 3.74. The Labute approximate surface area is 200 Å². The summed E-state index contributed by atoms with van der Waals surface area (Å²) in [4.78, 5) is 25.2. The largest absolute Gasteiger partial charge is 0.383 e. The number of nitrogen functional groups attached to an aromatic ring is 1. The van der Waals surface area contributed by atoms with Crippen molar-refractivity contribution in [2.24, 2.45) is 5.92 Å². The Hall–Kier alpha value is -3.63. The molecule has 34 heavy (non-hydrogen) atoms. The van der Waals surface area contributed by atoms with Gasteiger partial charge in [-0.2, -0.15) is 5.10 Å². The van der Waals surface area contributed by atoms with Crippen molar-refractivity contribution in [3.05, 3.63) is 60.3 Å². The summed E-state index contributed by atoms with van der Waals surface area (Å²) in [6.45, 7) is 1.05. The maximum Gasteiger partial charge on any atom is 0.256 e. The van der Waals surface area contributed by atoms with Crippen LogP contribution in [0.3, 0.4) is 0 Å². The van der Waals surface area contributed by atoms with Crippen LogP contribution in [0, 0.1) is 11.7 Å². The number of nitrogens with two attached hydrogens (primary N) is 1. The van der Waals surface area contributed by atoms with Crippen LogP contribution in [0.2, 0.25) is 0 Å². The zero-order valence-corrected chi connectivity index (χ0v) is 18.8. The lowest BCUT2D eigenvalue weighted by atomic mass is 10.1. The van der Waals surface area contributed by atoms with Gasteiger partial charge in [-0.3, -0.25) is 4.79 Å². The predicted molar refractivity (Wildman–Crippen MR) is 128 cm³/mol. The molecule has 2 bridgehead atoms. The molecule has 2 fully saturated rings. The van der Waals surface area contributed by atoms with E-state index in [1.807, 2.05) is 16.8 Å². The lowest BCUT2D eigenvalue weighted by Gasteiger charge is -2.23. The van der Waals surface area contributed by atoms with Crippen LogP contribution in [0.25, 0.3) is 22.3 Å². The number of nitrogens with zero attached hydrogens (tertiary/aromatic N) is 5. The first-order chi connectivity index (χ1) is 16.1. The third-order valence-corrected chi connectivity index (χ3v) is 6.51. The minimum absolute atomic E-state index is 0. The van der Waals surface area contributed by atoms with Crippen LogP contribution in [0.4, 0.5) is 16.0 Å². The van der Waals surface area contributed by atoms with E-state index in [9.17, 15) is 9.18 Å². The van der Waals surface area contributed by atoms with Crippen molar-refractivity contribution >= 4 is 41.0 Å². The molecule has 9 nitrogen and oxygen atoms in total. The number of halogens is 2. The molecule has 1 saturated heterocycles. The standard InChI is InChI=1S/C23H21FN8O.ClH/c24-15-5-6-26-18(9-15)30-23(33)14-3-1-13(2-4-14)20-19-21(25)28-11-29-22(19)32(31-20)17-8-12-7-16(17)27-10-12;/h1-6,9,11-12,16-17,27H,7-8,10H2,(H2,25,28,29)(H,26,30,33);1H/t12-,16+,17+;/m1./s1. The second-order valence-corrected chi connectivity index (χ2v) is 8.56. The average molecular weight is 481 g/mol. The molecule has 1 aromatic carbocycles. The van der Waals surface area contributed by atoms with E-state index in [0.717, 1.165) is 30.6 Å². The van der Waals surface area contributed by atoms with E-state index in [1.165, 1.54) is 24.7 Å². The smallest absolute Gasteiger partial charge is 0.256 e. The number of hydrogen-bond donors (Lipinski definition) is 3. The number of anilines is 2. The molecule has 1 aliphatic heterocycles. The van der Waals surface area contributed by atoms with Gasteiger partial charge in [-0.15, -0.1) is 12.4 Å². The quantitative estimate of drug-likeness (QED) is 0.409. The number of benzene rings is 1. The number of nitrogens with one attached hydrogen (secondary N) is 2. The molecule has 2 aliphatic rings. The molecule has 4 aromatic rings. The number of rotatable bonds is 4. The highest BCUT2D eigenvalue weighted by Crippen LogP contribution is 2.41. The van der Waals surface area contributed by atoms with Gasteiger partial charge in [0.2, 0.25) is 0 Å². The lowest BCUT2D eigenvalue weighted by molar-refractivity contribution is 0.102. The predicted octanol–water partition coefficient (Wildman–Crippen LogP) is 3.21. The summed E-state index contributed by atoms with van der Waals surface area (Å²) in [6, 6.07) is 9.98. The van der Waals surface area contributed by atoms with Gasteiger partial charge in [0.05, 0.1) is 11.4 Å². The second-order valence-electron chi connectivity index (χ2n) is 8.56. The van der Waals surface area contributed by atoms with Gasteiger partial charge in [-0.25, -0.2) is 24.0 Å². The lowest BCUT2D eigenvalue weighted by Crippen LogP contribution is -2.35. The fourth-order valence-corrected chi connectivity index (χ4v) is 4.96. The highest BCUT2D eigenvalue weighted by atomic mass is 35.5. The van der Waals surface area contributed by atoms with Crippen LogP contribution in [-0.4, -0.2) is 43.2 Å². The molecule has 0 radical (unpaired) electrons. The second kappa shape index (κ2) is 8.62. The number of amides is 1. The summed E-state index contributed by atoms with van der Waals surface area (Å²) in [6.07, 6.45) is 4.97. The van der Waals surface area contributed by atoms with E-state index < -0.39 is 5.82 Å². The van der Waals surface area contributed by atoms with Crippen LogP contribution < -0.4 is 16.4 Å². The molecular weight excluding hydrogens is 459 g/mol. The number of aromatic nitrogens is 5. The van der Waals surface area contributed by atoms with Crippen molar-refractivity contribution in [1.29, 1.82) is 0 Å². The molecule has 4 N–H and O–H groups in total. The van der Waals surface area contributed by atoms with Crippen LogP contribution in [0.15, 0.2) is 48.9 Å². The molecule has 6 rings (SSSR count). The fraction of sp³-hybridized carbons (Fsp3) is 0.261. The van der Waals surface area contributed by atoms with Gasteiger partial charge in [-0.05, 0) is 43.5 Å². The van der Waals surface area contributed by atoms with Crippen LogP contribution in [0.5, 0.6) is 0 Å². The van der Waals surface area contributed by atoms with Gasteiger partial charge in [0.25, 0.3) is 5.91 Å². The van der Waals surface area contributed by atoms with E-state index in [2.05, 4.69) is 25.6 Å². The first kappa shape index (κ1) is 22.2. The first-order valence-corrected chi connectivity index (χ1v) is 10.8. The number of fused-ring (bicyclic) bond motifs is 3. The van der Waals surface area contributed by atoms with Gasteiger partial charge < -0.3 is 16.4 Å². The number of carbonyl (C=O) groups is 1. The Balaban J connectivity index is 0.00000241. The van der Waals surface area contributed by atoms with Gasteiger partial charge in [0.1, 0.15) is 29.5 Å². The maximum absolute atomic E-state index is 13.4. The van der Waals surface area contributed by atoms with E-state index in [0.29, 0.717) is 34.4 Å². The SMILES string of the molecule is Cl.Nc1ncnc2c1c(-c1ccc(C(=O)Nc3cc(F)ccn3)cc1)nn2[C@H]1C[C@@H]2CN[C@H]1C2. The normalized spacial score (nSPS) is 20.9. The number of pyridine rings is 1. The minimum atomic E-state index is -0.469. The van der Waals surface area contributed by atoms with E-state index in [-0.39, 0.29) is 30.2 Å².